The first-order valence-electron chi connectivity index (χ1n) is 7.18. The van der Waals surface area contributed by atoms with Gasteiger partial charge in [-0.3, -0.25) is 4.98 Å². The Balaban J connectivity index is 1.66. The van der Waals surface area contributed by atoms with Gasteiger partial charge in [-0.15, -0.1) is 0 Å². The minimum atomic E-state index is -3.11. The predicted octanol–water partition coefficient (Wildman–Crippen LogP) is 1.35. The zero-order chi connectivity index (χ0) is 15.6. The van der Waals surface area contributed by atoms with Gasteiger partial charge in [0.1, 0.15) is 12.0 Å². The summed E-state index contributed by atoms with van der Waals surface area (Å²) in [5, 5.41) is 0. The Morgan fingerprint density at radius 1 is 1.32 bits per heavy atom. The summed E-state index contributed by atoms with van der Waals surface area (Å²) in [5.74, 6) is 0.727. The first kappa shape index (κ1) is 15.1. The Bertz CT molecular complexity index is 713. The van der Waals surface area contributed by atoms with Crippen LogP contribution in [0.4, 0.5) is 0 Å². The van der Waals surface area contributed by atoms with Crippen LogP contribution in [0.25, 0.3) is 11.6 Å². The van der Waals surface area contributed by atoms with E-state index in [1.165, 1.54) is 12.5 Å². The van der Waals surface area contributed by atoms with Crippen LogP contribution >= 0.6 is 0 Å². The van der Waals surface area contributed by atoms with Crippen molar-refractivity contribution in [3.05, 3.63) is 30.5 Å². The molecule has 0 radical (unpaired) electrons. The van der Waals surface area contributed by atoms with Crippen molar-refractivity contribution in [2.24, 2.45) is 5.92 Å². The summed E-state index contributed by atoms with van der Waals surface area (Å²) in [6.07, 6.45) is 10.3. The molecule has 8 heteroatoms. The minimum absolute atomic E-state index is 0.283. The molecule has 0 aliphatic carbocycles. The van der Waals surface area contributed by atoms with Crippen LogP contribution in [0.3, 0.4) is 0 Å². The lowest BCUT2D eigenvalue weighted by molar-refractivity contribution is 0.265. The van der Waals surface area contributed by atoms with E-state index >= 15 is 0 Å². The number of nitrogens with zero attached hydrogens (tertiary/aromatic N) is 4. The average molecular weight is 322 g/mol. The highest BCUT2D eigenvalue weighted by atomic mass is 32.2. The molecule has 1 aliphatic rings. The predicted molar refractivity (Wildman–Crippen MR) is 80.4 cm³/mol. The van der Waals surface area contributed by atoms with Gasteiger partial charge < -0.3 is 4.42 Å². The van der Waals surface area contributed by atoms with Gasteiger partial charge >= 0.3 is 0 Å². The molecule has 2 aromatic heterocycles. The zero-order valence-corrected chi connectivity index (χ0v) is 13.2. The first-order chi connectivity index (χ1) is 10.5. The third-order valence-corrected chi connectivity index (χ3v) is 5.07. The Morgan fingerprint density at radius 3 is 2.82 bits per heavy atom. The molecule has 2 aromatic rings. The lowest BCUT2D eigenvalue weighted by Gasteiger charge is -2.30. The second-order valence-electron chi connectivity index (χ2n) is 5.56. The Hall–Kier alpha value is -1.80. The van der Waals surface area contributed by atoms with Crippen molar-refractivity contribution in [1.82, 2.24) is 19.3 Å². The summed E-state index contributed by atoms with van der Waals surface area (Å²) < 4.78 is 30.0. The number of hydrogen-bond donors (Lipinski definition) is 0. The molecule has 0 saturated carbocycles. The molecule has 0 aromatic carbocycles. The van der Waals surface area contributed by atoms with Gasteiger partial charge in [-0.2, -0.15) is 0 Å². The van der Waals surface area contributed by atoms with Crippen molar-refractivity contribution in [3.63, 3.8) is 0 Å². The molecule has 0 amide bonds. The molecule has 3 heterocycles. The largest absolute Gasteiger partial charge is 0.443 e. The van der Waals surface area contributed by atoms with E-state index < -0.39 is 10.0 Å². The maximum absolute atomic E-state index is 11.6. The van der Waals surface area contributed by atoms with E-state index in [0.29, 0.717) is 24.7 Å². The molecule has 22 heavy (non-hydrogen) atoms. The number of piperidine rings is 1. The second-order valence-corrected chi connectivity index (χ2v) is 7.55. The summed E-state index contributed by atoms with van der Waals surface area (Å²) >= 11 is 0. The Morgan fingerprint density at radius 2 is 2.18 bits per heavy atom. The molecule has 0 spiro atoms. The van der Waals surface area contributed by atoms with Crippen LogP contribution < -0.4 is 0 Å². The molecule has 3 rings (SSSR count). The van der Waals surface area contributed by atoms with Crippen LogP contribution in [0.1, 0.15) is 18.5 Å². The Kier molecular flexibility index (Phi) is 4.21. The van der Waals surface area contributed by atoms with Crippen molar-refractivity contribution < 1.29 is 12.8 Å². The van der Waals surface area contributed by atoms with E-state index in [2.05, 4.69) is 15.0 Å². The maximum Gasteiger partial charge on any atom is 0.246 e. The second kappa shape index (κ2) is 6.13. The smallest absolute Gasteiger partial charge is 0.246 e. The molecule has 1 fully saturated rings. The van der Waals surface area contributed by atoms with E-state index in [1.807, 2.05) is 0 Å². The summed E-state index contributed by atoms with van der Waals surface area (Å²) in [7, 11) is -3.11. The quantitative estimate of drug-likeness (QED) is 0.844. The van der Waals surface area contributed by atoms with Crippen molar-refractivity contribution >= 4 is 10.0 Å². The SMILES string of the molecule is CS(=O)(=O)N1CCC[C@H](Cc2cnc(-c3ncco3)cn2)C1. The van der Waals surface area contributed by atoms with Crippen molar-refractivity contribution in [2.75, 3.05) is 19.3 Å². The van der Waals surface area contributed by atoms with Crippen molar-refractivity contribution in [3.8, 4) is 11.6 Å². The van der Waals surface area contributed by atoms with Crippen molar-refractivity contribution in [1.29, 1.82) is 0 Å². The van der Waals surface area contributed by atoms with E-state index in [0.717, 1.165) is 25.0 Å². The lowest BCUT2D eigenvalue weighted by Crippen LogP contribution is -2.39. The van der Waals surface area contributed by atoms with Gasteiger partial charge in [-0.05, 0) is 25.2 Å². The number of aromatic nitrogens is 3. The monoisotopic (exact) mass is 322 g/mol. The Labute approximate surface area is 129 Å². The molecular formula is C14H18N4O3S. The molecule has 1 atom stereocenters. The van der Waals surface area contributed by atoms with Crippen LogP contribution in [-0.4, -0.2) is 47.0 Å². The van der Waals surface area contributed by atoms with Crippen molar-refractivity contribution in [2.45, 2.75) is 19.3 Å². The molecule has 1 saturated heterocycles. The van der Waals surface area contributed by atoms with Crippen LogP contribution in [0.15, 0.2) is 29.3 Å². The molecule has 0 unspecified atom stereocenters. The van der Waals surface area contributed by atoms with Gasteiger partial charge in [0, 0.05) is 19.3 Å². The van der Waals surface area contributed by atoms with Gasteiger partial charge in [0.2, 0.25) is 15.9 Å². The summed E-state index contributed by atoms with van der Waals surface area (Å²) in [4.78, 5) is 12.7. The third-order valence-electron chi connectivity index (χ3n) is 3.81. The lowest BCUT2D eigenvalue weighted by atomic mass is 9.95. The maximum atomic E-state index is 11.6. The summed E-state index contributed by atoms with van der Waals surface area (Å²) in [6, 6.07) is 0. The van der Waals surface area contributed by atoms with E-state index in [9.17, 15) is 8.42 Å². The fourth-order valence-corrected chi connectivity index (χ4v) is 3.65. The number of rotatable bonds is 4. The van der Waals surface area contributed by atoms with Crippen LogP contribution in [0.2, 0.25) is 0 Å². The van der Waals surface area contributed by atoms with Gasteiger partial charge in [0.15, 0.2) is 0 Å². The molecule has 7 nitrogen and oxygen atoms in total. The van der Waals surface area contributed by atoms with Gasteiger partial charge in [-0.1, -0.05) is 0 Å². The highest BCUT2D eigenvalue weighted by Crippen LogP contribution is 2.22. The molecule has 0 N–H and O–H groups in total. The summed E-state index contributed by atoms with van der Waals surface area (Å²) in [5.41, 5.74) is 1.45. The number of oxazole rings is 1. The van der Waals surface area contributed by atoms with E-state index in [4.69, 9.17) is 4.42 Å². The van der Waals surface area contributed by atoms with Crippen LogP contribution in [-0.2, 0) is 16.4 Å². The summed E-state index contributed by atoms with van der Waals surface area (Å²) in [6.45, 7) is 1.17. The zero-order valence-electron chi connectivity index (χ0n) is 12.3. The molecular weight excluding hydrogens is 304 g/mol. The third kappa shape index (κ3) is 3.50. The molecule has 118 valence electrons. The number of hydrogen-bond acceptors (Lipinski definition) is 6. The van der Waals surface area contributed by atoms with Gasteiger partial charge in [0.25, 0.3) is 0 Å². The standard InChI is InChI=1S/C14H18N4O3S/c1-22(19,20)18-5-2-3-11(10-18)7-12-8-17-13(9-16-12)14-15-4-6-21-14/h4,6,8-9,11H,2-3,5,7,10H2,1H3/t11-/m1/s1. The van der Waals surface area contributed by atoms with Gasteiger partial charge in [-0.25, -0.2) is 22.7 Å². The minimum Gasteiger partial charge on any atom is -0.443 e. The topological polar surface area (TPSA) is 89.2 Å². The normalized spacial score (nSPS) is 20.1. The van der Waals surface area contributed by atoms with Crippen LogP contribution in [0, 0.1) is 5.92 Å². The first-order valence-corrected chi connectivity index (χ1v) is 9.03. The fourth-order valence-electron chi connectivity index (χ4n) is 2.71. The number of sulfonamides is 1. The van der Waals surface area contributed by atoms with Gasteiger partial charge in [0.05, 0.1) is 24.3 Å². The fraction of sp³-hybridized carbons (Fsp3) is 0.500. The van der Waals surface area contributed by atoms with Crippen LogP contribution in [0.5, 0.6) is 0 Å². The highest BCUT2D eigenvalue weighted by Gasteiger charge is 2.26. The van der Waals surface area contributed by atoms with E-state index in [-0.39, 0.29) is 5.92 Å². The highest BCUT2D eigenvalue weighted by molar-refractivity contribution is 7.88. The molecule has 1 aliphatic heterocycles. The average Bonchev–Trinajstić information content (AvgIpc) is 3.02. The molecule has 0 bridgehead atoms. The van der Waals surface area contributed by atoms with E-state index in [1.54, 1.807) is 22.9 Å².